The molecular weight excluding hydrogens is 364 g/mol. The summed E-state index contributed by atoms with van der Waals surface area (Å²) in [5.41, 5.74) is 2.64. The molecule has 1 aliphatic rings. The second-order valence-electron chi connectivity index (χ2n) is 7.33. The molecule has 0 amide bonds. The number of anilines is 2. The summed E-state index contributed by atoms with van der Waals surface area (Å²) in [6.45, 7) is 3.15. The van der Waals surface area contributed by atoms with Gasteiger partial charge in [0.2, 0.25) is 0 Å². The zero-order valence-corrected chi connectivity index (χ0v) is 16.0. The van der Waals surface area contributed by atoms with Crippen LogP contribution < -0.4 is 10.6 Å². The molecule has 0 atom stereocenters. The minimum absolute atomic E-state index is 0.651. The van der Waals surface area contributed by atoms with Crippen LogP contribution in [0.5, 0.6) is 0 Å². The van der Waals surface area contributed by atoms with Crippen molar-refractivity contribution in [2.45, 2.75) is 19.4 Å². The Bertz CT molecular complexity index is 1120. The van der Waals surface area contributed by atoms with E-state index >= 15 is 0 Å². The highest BCUT2D eigenvalue weighted by Gasteiger charge is 2.14. The summed E-state index contributed by atoms with van der Waals surface area (Å²) in [6.07, 6.45) is 13.3. The van der Waals surface area contributed by atoms with Gasteiger partial charge in [0.05, 0.1) is 23.6 Å². The first-order valence-corrected chi connectivity index (χ1v) is 9.87. The maximum atomic E-state index is 4.61. The third-order valence-corrected chi connectivity index (χ3v) is 5.21. The summed E-state index contributed by atoms with van der Waals surface area (Å²) in [5, 5.41) is 12.2. The van der Waals surface area contributed by atoms with Gasteiger partial charge in [-0.2, -0.15) is 5.10 Å². The van der Waals surface area contributed by atoms with Crippen LogP contribution in [0.15, 0.2) is 55.4 Å². The first-order valence-electron chi connectivity index (χ1n) is 9.87. The van der Waals surface area contributed by atoms with Crippen LogP contribution in [-0.2, 0) is 6.54 Å². The summed E-state index contributed by atoms with van der Waals surface area (Å²) in [6, 6.07) is 5.76. The Hall–Kier alpha value is -3.39. The number of piperidine rings is 1. The van der Waals surface area contributed by atoms with Crippen LogP contribution in [0, 0.1) is 5.92 Å². The maximum Gasteiger partial charge on any atom is 0.160 e. The van der Waals surface area contributed by atoms with Gasteiger partial charge in [-0.1, -0.05) is 0 Å². The lowest BCUT2D eigenvalue weighted by atomic mass is 9.98. The van der Waals surface area contributed by atoms with Crippen LogP contribution in [-0.4, -0.2) is 42.8 Å². The van der Waals surface area contributed by atoms with E-state index in [1.807, 2.05) is 41.5 Å². The van der Waals surface area contributed by atoms with Gasteiger partial charge in [-0.25, -0.2) is 15.0 Å². The third kappa shape index (κ3) is 4.07. The lowest BCUT2D eigenvalue weighted by molar-refractivity contribution is 0.321. The van der Waals surface area contributed by atoms with Gasteiger partial charge in [-0.3, -0.25) is 9.67 Å². The van der Waals surface area contributed by atoms with Crippen molar-refractivity contribution in [3.63, 3.8) is 0 Å². The number of rotatable bonds is 5. The second-order valence-corrected chi connectivity index (χ2v) is 7.33. The van der Waals surface area contributed by atoms with Crippen molar-refractivity contribution in [1.82, 2.24) is 35.0 Å². The molecular formula is C21H22N8. The summed E-state index contributed by atoms with van der Waals surface area (Å²) < 4.78 is 2.02. The van der Waals surface area contributed by atoms with E-state index in [9.17, 15) is 0 Å². The molecule has 0 unspecified atom stereocenters. The van der Waals surface area contributed by atoms with Gasteiger partial charge < -0.3 is 10.6 Å². The molecule has 1 aliphatic heterocycles. The quantitative estimate of drug-likeness (QED) is 0.544. The van der Waals surface area contributed by atoms with E-state index in [0.29, 0.717) is 11.7 Å². The Morgan fingerprint density at radius 2 is 2.00 bits per heavy atom. The monoisotopic (exact) mass is 386 g/mol. The van der Waals surface area contributed by atoms with Gasteiger partial charge in [0.25, 0.3) is 0 Å². The van der Waals surface area contributed by atoms with Gasteiger partial charge in [-0.05, 0) is 50.0 Å². The van der Waals surface area contributed by atoms with E-state index in [1.165, 1.54) is 12.8 Å². The fourth-order valence-electron chi connectivity index (χ4n) is 3.65. The molecule has 0 saturated carbocycles. The van der Waals surface area contributed by atoms with Crippen molar-refractivity contribution < 1.29 is 0 Å². The first kappa shape index (κ1) is 17.7. The topological polar surface area (TPSA) is 93.4 Å². The zero-order valence-electron chi connectivity index (χ0n) is 16.0. The van der Waals surface area contributed by atoms with Crippen molar-refractivity contribution in [1.29, 1.82) is 0 Å². The minimum Gasteiger partial charge on any atom is -0.338 e. The van der Waals surface area contributed by atoms with Crippen molar-refractivity contribution >= 4 is 22.4 Å². The van der Waals surface area contributed by atoms with Gasteiger partial charge in [0, 0.05) is 42.3 Å². The number of nitrogens with one attached hydrogen (secondary N) is 2. The Balaban J connectivity index is 1.32. The summed E-state index contributed by atoms with van der Waals surface area (Å²) in [7, 11) is 0. The number of hydrogen-bond donors (Lipinski definition) is 2. The first-order chi connectivity index (χ1) is 14.3. The van der Waals surface area contributed by atoms with Gasteiger partial charge in [-0.15, -0.1) is 0 Å². The Labute approximate surface area is 168 Å². The fourth-order valence-corrected chi connectivity index (χ4v) is 3.65. The normalized spacial score (nSPS) is 14.9. The molecule has 0 radical (unpaired) electrons. The number of hydrogen-bond acceptors (Lipinski definition) is 7. The number of pyridine rings is 2. The SMILES string of the molecule is c1cc2cnc(-c3ccnc(Nc4cnn(CC5CCNCC5)c4)c3)nc2cn1. The standard InChI is InChI=1S/C21H22N8/c1-5-22-6-2-15(1)13-29-14-18(11-26-29)27-20-9-16(4-8-24-20)21-25-10-17-3-7-23-12-19(17)28-21/h3-4,7-12,14-15,22H,1-2,5-6,13H2,(H,24,27). The van der Waals surface area contributed by atoms with Crippen LogP contribution >= 0.6 is 0 Å². The molecule has 1 fully saturated rings. The molecule has 0 spiro atoms. The summed E-state index contributed by atoms with van der Waals surface area (Å²) in [4.78, 5) is 17.7. The molecule has 5 rings (SSSR count). The molecule has 29 heavy (non-hydrogen) atoms. The van der Waals surface area contributed by atoms with E-state index in [0.717, 1.165) is 47.6 Å². The predicted molar refractivity (Wildman–Crippen MR) is 112 cm³/mol. The van der Waals surface area contributed by atoms with Crippen LogP contribution in [0.2, 0.25) is 0 Å². The molecule has 4 aromatic heterocycles. The highest BCUT2D eigenvalue weighted by atomic mass is 15.3. The smallest absolute Gasteiger partial charge is 0.160 e. The Morgan fingerprint density at radius 1 is 1.07 bits per heavy atom. The molecule has 8 heteroatoms. The number of fused-ring (bicyclic) bond motifs is 1. The molecule has 0 aliphatic carbocycles. The Morgan fingerprint density at radius 3 is 2.93 bits per heavy atom. The number of aromatic nitrogens is 6. The zero-order chi connectivity index (χ0) is 19.5. The molecule has 1 saturated heterocycles. The van der Waals surface area contributed by atoms with Gasteiger partial charge in [0.15, 0.2) is 5.82 Å². The predicted octanol–water partition coefficient (Wildman–Crippen LogP) is 3.03. The number of nitrogens with zero attached hydrogens (tertiary/aromatic N) is 6. The average Bonchev–Trinajstić information content (AvgIpc) is 3.21. The van der Waals surface area contributed by atoms with Crippen molar-refractivity contribution in [2.75, 3.05) is 18.4 Å². The molecule has 5 heterocycles. The van der Waals surface area contributed by atoms with Gasteiger partial charge in [0.1, 0.15) is 5.82 Å². The molecule has 0 aromatic carbocycles. The van der Waals surface area contributed by atoms with Crippen LogP contribution in [0.3, 0.4) is 0 Å². The van der Waals surface area contributed by atoms with Crippen molar-refractivity contribution in [3.05, 3.63) is 55.4 Å². The van der Waals surface area contributed by atoms with Crippen LogP contribution in [0.25, 0.3) is 22.3 Å². The van der Waals surface area contributed by atoms with Crippen molar-refractivity contribution in [3.8, 4) is 11.4 Å². The third-order valence-electron chi connectivity index (χ3n) is 5.21. The average molecular weight is 386 g/mol. The van der Waals surface area contributed by atoms with E-state index in [-0.39, 0.29) is 0 Å². The molecule has 8 nitrogen and oxygen atoms in total. The minimum atomic E-state index is 0.651. The van der Waals surface area contributed by atoms with E-state index in [4.69, 9.17) is 0 Å². The fraction of sp³-hybridized carbons (Fsp3) is 0.286. The van der Waals surface area contributed by atoms with Crippen LogP contribution in [0.4, 0.5) is 11.5 Å². The summed E-state index contributed by atoms with van der Waals surface area (Å²) in [5.74, 6) is 2.07. The largest absolute Gasteiger partial charge is 0.338 e. The van der Waals surface area contributed by atoms with E-state index in [2.05, 4.69) is 35.7 Å². The van der Waals surface area contributed by atoms with E-state index in [1.54, 1.807) is 18.6 Å². The lowest BCUT2D eigenvalue weighted by Gasteiger charge is -2.22. The lowest BCUT2D eigenvalue weighted by Crippen LogP contribution is -2.29. The van der Waals surface area contributed by atoms with Crippen LogP contribution in [0.1, 0.15) is 12.8 Å². The second kappa shape index (κ2) is 7.92. The molecule has 4 aromatic rings. The summed E-state index contributed by atoms with van der Waals surface area (Å²) >= 11 is 0. The van der Waals surface area contributed by atoms with Crippen molar-refractivity contribution in [2.24, 2.45) is 5.92 Å². The molecule has 146 valence electrons. The highest BCUT2D eigenvalue weighted by Crippen LogP contribution is 2.22. The highest BCUT2D eigenvalue weighted by molar-refractivity contribution is 5.78. The van der Waals surface area contributed by atoms with E-state index < -0.39 is 0 Å². The maximum absolute atomic E-state index is 4.61. The van der Waals surface area contributed by atoms with Gasteiger partial charge >= 0.3 is 0 Å². The Kier molecular flexibility index (Phi) is 4.83. The molecule has 2 N–H and O–H groups in total. The molecule has 0 bridgehead atoms.